The van der Waals surface area contributed by atoms with E-state index in [0.717, 1.165) is 48.4 Å². The van der Waals surface area contributed by atoms with Crippen LogP contribution in [0.15, 0.2) is 9.98 Å². The molecule has 0 bridgehead atoms. The Morgan fingerprint density at radius 3 is 3.05 bits per heavy atom. The van der Waals surface area contributed by atoms with Gasteiger partial charge in [0.2, 0.25) is 0 Å². The molecule has 0 aromatic carbocycles. The number of thiazole rings is 1. The van der Waals surface area contributed by atoms with E-state index >= 15 is 0 Å². The second kappa shape index (κ2) is 7.49. The molecule has 1 N–H and O–H groups in total. The van der Waals surface area contributed by atoms with Crippen molar-refractivity contribution in [2.75, 3.05) is 26.8 Å². The van der Waals surface area contributed by atoms with Gasteiger partial charge in [0.1, 0.15) is 21.8 Å². The van der Waals surface area contributed by atoms with Crippen LogP contribution in [0, 0.1) is 0 Å². The van der Waals surface area contributed by atoms with Gasteiger partial charge in [-0.15, -0.1) is 11.3 Å². The second-order valence-corrected chi connectivity index (χ2v) is 6.46. The van der Waals surface area contributed by atoms with E-state index < -0.39 is 5.60 Å². The van der Waals surface area contributed by atoms with Crippen LogP contribution in [-0.4, -0.2) is 37.8 Å². The Labute approximate surface area is 131 Å². The zero-order valence-electron chi connectivity index (χ0n) is 11.5. The molecular weight excluding hydrogens is 344 g/mol. The Kier molecular flexibility index (Phi) is 5.95. The predicted molar refractivity (Wildman–Crippen MR) is 80.8 cm³/mol. The third-order valence-corrected chi connectivity index (χ3v) is 5.19. The molecule has 1 aromatic rings. The third-order valence-electron chi connectivity index (χ3n) is 3.45. The molecular formula is C13H19BrN2O3S. The molecule has 1 unspecified atom stereocenters. The van der Waals surface area contributed by atoms with Gasteiger partial charge in [-0.25, -0.2) is 9.78 Å². The lowest BCUT2D eigenvalue weighted by atomic mass is 9.91. The van der Waals surface area contributed by atoms with Crippen molar-refractivity contribution < 1.29 is 14.3 Å². The topological polar surface area (TPSA) is 60.5 Å². The average Bonchev–Trinajstić information content (AvgIpc) is 2.85. The van der Waals surface area contributed by atoms with E-state index in [2.05, 4.69) is 31.0 Å². The maximum absolute atomic E-state index is 11.4. The molecule has 1 saturated heterocycles. The number of nitrogens with zero attached hydrogens (tertiary/aromatic N) is 1. The SMILES string of the molecule is COC(=O)COC1(c2nc(Br)cs2)CCCCNCC1. The largest absolute Gasteiger partial charge is 0.467 e. The molecule has 0 aliphatic carbocycles. The molecule has 1 aliphatic rings. The molecule has 0 saturated carbocycles. The minimum Gasteiger partial charge on any atom is -0.467 e. The van der Waals surface area contributed by atoms with Crippen LogP contribution in [0.5, 0.6) is 0 Å². The summed E-state index contributed by atoms with van der Waals surface area (Å²) in [7, 11) is 1.37. The number of ether oxygens (including phenoxy) is 2. The maximum atomic E-state index is 11.4. The molecule has 2 rings (SSSR count). The molecule has 5 nitrogen and oxygen atoms in total. The van der Waals surface area contributed by atoms with Crippen molar-refractivity contribution in [3.63, 3.8) is 0 Å². The van der Waals surface area contributed by atoms with Crippen molar-refractivity contribution in [3.05, 3.63) is 15.0 Å². The van der Waals surface area contributed by atoms with Gasteiger partial charge in [0.15, 0.2) is 0 Å². The van der Waals surface area contributed by atoms with Crippen LogP contribution in [0.4, 0.5) is 0 Å². The molecule has 1 aromatic heterocycles. The highest BCUT2D eigenvalue weighted by Gasteiger charge is 2.37. The molecule has 1 atom stereocenters. The summed E-state index contributed by atoms with van der Waals surface area (Å²) in [6.45, 7) is 1.86. The number of hydrogen-bond donors (Lipinski definition) is 1. The molecule has 0 radical (unpaired) electrons. The summed E-state index contributed by atoms with van der Waals surface area (Å²) in [5.74, 6) is -0.352. The van der Waals surface area contributed by atoms with Gasteiger partial charge in [-0.05, 0) is 54.7 Å². The normalized spacial score (nSPS) is 23.9. The fourth-order valence-electron chi connectivity index (χ4n) is 2.34. The number of nitrogens with one attached hydrogen (secondary N) is 1. The smallest absolute Gasteiger partial charge is 0.331 e. The second-order valence-electron chi connectivity index (χ2n) is 4.79. The summed E-state index contributed by atoms with van der Waals surface area (Å²) in [5, 5.41) is 6.27. The van der Waals surface area contributed by atoms with Crippen LogP contribution in [0.2, 0.25) is 0 Å². The predicted octanol–water partition coefficient (Wildman–Crippen LogP) is 2.45. The van der Waals surface area contributed by atoms with E-state index in [1.807, 2.05) is 5.38 Å². The van der Waals surface area contributed by atoms with Crippen LogP contribution in [0.3, 0.4) is 0 Å². The van der Waals surface area contributed by atoms with Gasteiger partial charge in [-0.3, -0.25) is 0 Å². The lowest BCUT2D eigenvalue weighted by Crippen LogP contribution is -2.37. The number of methoxy groups -OCH3 is 1. The van der Waals surface area contributed by atoms with Gasteiger partial charge in [-0.2, -0.15) is 0 Å². The van der Waals surface area contributed by atoms with Gasteiger partial charge >= 0.3 is 5.97 Å². The zero-order chi connectivity index (χ0) is 14.4. The maximum Gasteiger partial charge on any atom is 0.331 e. The van der Waals surface area contributed by atoms with Crippen LogP contribution >= 0.6 is 27.3 Å². The number of carbonyl (C=O) groups excluding carboxylic acids is 1. The first-order chi connectivity index (χ1) is 9.66. The van der Waals surface area contributed by atoms with E-state index in [1.54, 1.807) is 11.3 Å². The van der Waals surface area contributed by atoms with Crippen LogP contribution < -0.4 is 5.32 Å². The Morgan fingerprint density at radius 2 is 2.35 bits per heavy atom. The molecule has 1 fully saturated rings. The first-order valence-electron chi connectivity index (χ1n) is 6.69. The van der Waals surface area contributed by atoms with Crippen molar-refractivity contribution in [2.24, 2.45) is 0 Å². The highest BCUT2D eigenvalue weighted by atomic mass is 79.9. The Morgan fingerprint density at radius 1 is 1.50 bits per heavy atom. The molecule has 0 amide bonds. The molecule has 7 heteroatoms. The monoisotopic (exact) mass is 362 g/mol. The Bertz CT molecular complexity index is 445. The number of esters is 1. The molecule has 2 heterocycles. The average molecular weight is 363 g/mol. The lowest BCUT2D eigenvalue weighted by molar-refractivity contribution is -0.155. The number of rotatable bonds is 4. The molecule has 112 valence electrons. The number of carbonyl (C=O) groups is 1. The summed E-state index contributed by atoms with van der Waals surface area (Å²) in [6.07, 6.45) is 3.84. The van der Waals surface area contributed by atoms with Gasteiger partial charge in [0.05, 0.1) is 7.11 Å². The van der Waals surface area contributed by atoms with Crippen molar-refractivity contribution in [2.45, 2.75) is 31.3 Å². The summed E-state index contributed by atoms with van der Waals surface area (Å²) in [6, 6.07) is 0. The molecule has 1 aliphatic heterocycles. The van der Waals surface area contributed by atoms with Gasteiger partial charge in [0.25, 0.3) is 0 Å². The highest BCUT2D eigenvalue weighted by Crippen LogP contribution is 2.38. The highest BCUT2D eigenvalue weighted by molar-refractivity contribution is 9.10. The minimum atomic E-state index is -0.488. The lowest BCUT2D eigenvalue weighted by Gasteiger charge is -2.33. The first-order valence-corrected chi connectivity index (χ1v) is 8.36. The van der Waals surface area contributed by atoms with E-state index in [1.165, 1.54) is 7.11 Å². The fraction of sp³-hybridized carbons (Fsp3) is 0.692. The number of hydrogen-bond acceptors (Lipinski definition) is 6. The first kappa shape index (κ1) is 15.9. The van der Waals surface area contributed by atoms with Crippen molar-refractivity contribution in [1.82, 2.24) is 10.3 Å². The third kappa shape index (κ3) is 4.00. The molecule has 0 spiro atoms. The van der Waals surface area contributed by atoms with Crippen LogP contribution in [0.1, 0.15) is 30.7 Å². The Hall–Kier alpha value is -0.500. The zero-order valence-corrected chi connectivity index (χ0v) is 13.9. The fourth-order valence-corrected chi connectivity index (χ4v) is 3.81. The quantitative estimate of drug-likeness (QED) is 0.833. The number of halogens is 1. The van der Waals surface area contributed by atoms with Gasteiger partial charge in [0, 0.05) is 5.38 Å². The van der Waals surface area contributed by atoms with E-state index in [4.69, 9.17) is 4.74 Å². The van der Waals surface area contributed by atoms with E-state index in [-0.39, 0.29) is 12.6 Å². The van der Waals surface area contributed by atoms with Crippen molar-refractivity contribution >= 4 is 33.2 Å². The van der Waals surface area contributed by atoms with E-state index in [9.17, 15) is 4.79 Å². The molecule has 20 heavy (non-hydrogen) atoms. The van der Waals surface area contributed by atoms with Gasteiger partial charge < -0.3 is 14.8 Å². The minimum absolute atomic E-state index is 0.0340. The standard InChI is InChI=1S/C13H19BrN2O3S/c1-18-11(17)8-19-13(12-16-10(14)9-20-12)4-2-3-6-15-7-5-13/h9,15H,2-8H2,1H3. The summed E-state index contributed by atoms with van der Waals surface area (Å²) in [5.41, 5.74) is -0.488. The van der Waals surface area contributed by atoms with Crippen molar-refractivity contribution in [3.8, 4) is 0 Å². The van der Waals surface area contributed by atoms with Crippen LogP contribution in [0.25, 0.3) is 0 Å². The van der Waals surface area contributed by atoms with Gasteiger partial charge in [-0.1, -0.05) is 0 Å². The number of aromatic nitrogens is 1. The van der Waals surface area contributed by atoms with Crippen molar-refractivity contribution in [1.29, 1.82) is 0 Å². The summed E-state index contributed by atoms with van der Waals surface area (Å²) in [4.78, 5) is 15.9. The Balaban J connectivity index is 2.18. The van der Waals surface area contributed by atoms with E-state index in [0.29, 0.717) is 0 Å². The summed E-state index contributed by atoms with van der Waals surface area (Å²) < 4.78 is 11.5. The summed E-state index contributed by atoms with van der Waals surface area (Å²) >= 11 is 4.96. The van der Waals surface area contributed by atoms with Crippen LogP contribution in [-0.2, 0) is 19.9 Å².